The van der Waals surface area contributed by atoms with Crippen molar-refractivity contribution in [2.24, 2.45) is 10.2 Å². The molecule has 1 amide bonds. The van der Waals surface area contributed by atoms with Crippen LogP contribution in [0.25, 0.3) is 5.69 Å². The Kier molecular flexibility index (Phi) is 4.33. The standard InChI is InChI=1S/C16H17N7O/c1-3-4-8-16(21-22-16)9-7-14(24)18-15-12(2)19-23(20-15)13-6-5-10-17-11-13/h1,5-6,10-11H,4,7-9H2,2H3,(H,18,20,24). The number of aromatic nitrogens is 4. The molecule has 0 unspecified atom stereocenters. The Labute approximate surface area is 139 Å². The van der Waals surface area contributed by atoms with Crippen molar-refractivity contribution in [2.45, 2.75) is 38.3 Å². The highest BCUT2D eigenvalue weighted by Crippen LogP contribution is 2.37. The lowest BCUT2D eigenvalue weighted by atomic mass is 10.0. The third kappa shape index (κ3) is 3.63. The molecule has 1 N–H and O–H groups in total. The minimum absolute atomic E-state index is 0.145. The van der Waals surface area contributed by atoms with Gasteiger partial charge in [-0.3, -0.25) is 9.78 Å². The summed E-state index contributed by atoms with van der Waals surface area (Å²) in [5.74, 6) is 2.86. The summed E-state index contributed by atoms with van der Waals surface area (Å²) in [6.45, 7) is 1.79. The van der Waals surface area contributed by atoms with Crippen molar-refractivity contribution in [3.05, 3.63) is 30.2 Å². The second kappa shape index (κ2) is 6.58. The molecule has 1 aliphatic rings. The van der Waals surface area contributed by atoms with Crippen LogP contribution in [0.2, 0.25) is 0 Å². The number of anilines is 1. The number of carbonyl (C=O) groups excluding carboxylic acids is 1. The number of carbonyl (C=O) groups is 1. The van der Waals surface area contributed by atoms with E-state index in [2.05, 4.69) is 36.6 Å². The molecule has 3 heterocycles. The molecule has 3 rings (SSSR count). The smallest absolute Gasteiger partial charge is 0.225 e. The highest BCUT2D eigenvalue weighted by molar-refractivity contribution is 5.90. The van der Waals surface area contributed by atoms with E-state index in [9.17, 15) is 4.79 Å². The van der Waals surface area contributed by atoms with Gasteiger partial charge < -0.3 is 5.32 Å². The van der Waals surface area contributed by atoms with Gasteiger partial charge in [-0.15, -0.1) is 22.2 Å². The number of nitrogens with zero attached hydrogens (tertiary/aromatic N) is 6. The number of hydrogen-bond donors (Lipinski definition) is 1. The van der Waals surface area contributed by atoms with Gasteiger partial charge in [0.15, 0.2) is 11.5 Å². The minimum Gasteiger partial charge on any atom is -0.308 e. The van der Waals surface area contributed by atoms with E-state index in [1.54, 1.807) is 25.4 Å². The number of terminal acetylenes is 1. The summed E-state index contributed by atoms with van der Waals surface area (Å²) in [5.41, 5.74) is 0.909. The van der Waals surface area contributed by atoms with Gasteiger partial charge in [0.25, 0.3) is 0 Å². The predicted octanol–water partition coefficient (Wildman–Crippen LogP) is 2.26. The van der Waals surface area contributed by atoms with Crippen molar-refractivity contribution < 1.29 is 4.79 Å². The summed E-state index contributed by atoms with van der Waals surface area (Å²) in [4.78, 5) is 17.6. The summed E-state index contributed by atoms with van der Waals surface area (Å²) in [6, 6.07) is 3.63. The van der Waals surface area contributed by atoms with E-state index in [-0.39, 0.29) is 5.91 Å². The number of rotatable bonds is 7. The van der Waals surface area contributed by atoms with E-state index in [1.807, 2.05) is 6.07 Å². The van der Waals surface area contributed by atoms with Gasteiger partial charge in [-0.1, -0.05) is 0 Å². The number of hydrogen-bond acceptors (Lipinski definition) is 6. The Balaban J connectivity index is 1.57. The summed E-state index contributed by atoms with van der Waals surface area (Å²) in [5, 5.41) is 19.4. The van der Waals surface area contributed by atoms with Gasteiger partial charge in [-0.2, -0.15) is 15.3 Å². The second-order valence-corrected chi connectivity index (χ2v) is 5.57. The topological polar surface area (TPSA) is 97.4 Å². The fourth-order valence-electron chi connectivity index (χ4n) is 2.26. The normalized spacial score (nSPS) is 14.2. The Morgan fingerprint density at radius 1 is 1.38 bits per heavy atom. The van der Waals surface area contributed by atoms with Crippen molar-refractivity contribution in [1.29, 1.82) is 0 Å². The zero-order valence-corrected chi connectivity index (χ0v) is 13.3. The Morgan fingerprint density at radius 2 is 2.21 bits per heavy atom. The molecule has 0 aliphatic carbocycles. The molecular weight excluding hydrogens is 306 g/mol. The maximum absolute atomic E-state index is 12.1. The van der Waals surface area contributed by atoms with Crippen LogP contribution in [-0.2, 0) is 4.79 Å². The first-order valence-electron chi connectivity index (χ1n) is 7.64. The third-order valence-electron chi connectivity index (χ3n) is 3.72. The zero-order valence-electron chi connectivity index (χ0n) is 13.3. The van der Waals surface area contributed by atoms with Crippen LogP contribution in [0.15, 0.2) is 34.8 Å². The molecular formula is C16H17N7O. The van der Waals surface area contributed by atoms with Gasteiger partial charge >= 0.3 is 0 Å². The molecule has 2 aromatic heterocycles. The Morgan fingerprint density at radius 3 is 2.88 bits per heavy atom. The van der Waals surface area contributed by atoms with Gasteiger partial charge in [0.05, 0.1) is 6.20 Å². The van der Waals surface area contributed by atoms with Gasteiger partial charge in [0, 0.05) is 31.9 Å². The summed E-state index contributed by atoms with van der Waals surface area (Å²) in [6.07, 6.45) is 10.7. The average molecular weight is 323 g/mol. The first-order valence-corrected chi connectivity index (χ1v) is 7.64. The summed E-state index contributed by atoms with van der Waals surface area (Å²) >= 11 is 0. The molecule has 0 fully saturated rings. The maximum atomic E-state index is 12.1. The molecule has 0 bridgehead atoms. The fourth-order valence-corrected chi connectivity index (χ4v) is 2.26. The van der Waals surface area contributed by atoms with Crippen molar-refractivity contribution >= 4 is 11.7 Å². The van der Waals surface area contributed by atoms with Crippen molar-refractivity contribution in [3.63, 3.8) is 0 Å². The molecule has 0 aromatic carbocycles. The van der Waals surface area contributed by atoms with Crippen LogP contribution in [0.4, 0.5) is 5.82 Å². The molecule has 8 heteroatoms. The largest absolute Gasteiger partial charge is 0.308 e. The van der Waals surface area contributed by atoms with E-state index >= 15 is 0 Å². The molecule has 0 atom stereocenters. The first kappa shape index (κ1) is 15.8. The van der Waals surface area contributed by atoms with E-state index in [0.717, 1.165) is 5.69 Å². The number of pyridine rings is 1. The third-order valence-corrected chi connectivity index (χ3v) is 3.72. The van der Waals surface area contributed by atoms with Gasteiger partial charge in [0.2, 0.25) is 5.91 Å². The monoisotopic (exact) mass is 323 g/mol. The zero-order chi connectivity index (χ0) is 17.0. The van der Waals surface area contributed by atoms with Gasteiger partial charge in [-0.25, -0.2) is 0 Å². The van der Waals surface area contributed by atoms with Crippen LogP contribution < -0.4 is 5.32 Å². The van der Waals surface area contributed by atoms with E-state index in [1.165, 1.54) is 4.80 Å². The number of aryl methyl sites for hydroxylation is 1. The molecule has 0 saturated carbocycles. The van der Waals surface area contributed by atoms with Crippen LogP contribution in [0, 0.1) is 19.3 Å². The molecule has 2 aromatic rings. The lowest BCUT2D eigenvalue weighted by Crippen LogP contribution is -2.18. The predicted molar refractivity (Wildman–Crippen MR) is 87.4 cm³/mol. The van der Waals surface area contributed by atoms with E-state index in [4.69, 9.17) is 6.42 Å². The SMILES string of the molecule is C#CCCC1(CCC(=O)Nc2nn(-c3cccnc3)nc2C)N=N1. The van der Waals surface area contributed by atoms with Crippen molar-refractivity contribution in [1.82, 2.24) is 20.0 Å². The van der Waals surface area contributed by atoms with Crippen LogP contribution in [0.3, 0.4) is 0 Å². The lowest BCUT2D eigenvalue weighted by molar-refractivity contribution is -0.116. The average Bonchev–Trinajstić information content (AvgIpc) is 3.29. The summed E-state index contributed by atoms with van der Waals surface area (Å²) in [7, 11) is 0. The number of amides is 1. The molecule has 8 nitrogen and oxygen atoms in total. The van der Waals surface area contributed by atoms with Crippen LogP contribution >= 0.6 is 0 Å². The molecule has 1 aliphatic heterocycles. The Hall–Kier alpha value is -3.08. The minimum atomic E-state index is -0.452. The second-order valence-electron chi connectivity index (χ2n) is 5.57. The fraction of sp³-hybridized carbons (Fsp3) is 0.375. The lowest BCUT2D eigenvalue weighted by Gasteiger charge is -2.08. The quantitative estimate of drug-likeness (QED) is 0.790. The van der Waals surface area contributed by atoms with Crippen molar-refractivity contribution in [2.75, 3.05) is 5.32 Å². The van der Waals surface area contributed by atoms with Gasteiger partial charge in [0.1, 0.15) is 11.4 Å². The van der Waals surface area contributed by atoms with Crippen LogP contribution in [0.5, 0.6) is 0 Å². The van der Waals surface area contributed by atoms with E-state index in [0.29, 0.717) is 37.2 Å². The van der Waals surface area contributed by atoms with Crippen LogP contribution in [0.1, 0.15) is 31.4 Å². The molecule has 0 saturated heterocycles. The molecule has 0 spiro atoms. The highest BCUT2D eigenvalue weighted by atomic mass is 16.1. The van der Waals surface area contributed by atoms with E-state index < -0.39 is 5.66 Å². The highest BCUT2D eigenvalue weighted by Gasteiger charge is 2.39. The van der Waals surface area contributed by atoms with Crippen molar-refractivity contribution in [3.8, 4) is 18.0 Å². The first-order chi connectivity index (χ1) is 11.6. The molecule has 24 heavy (non-hydrogen) atoms. The number of nitrogens with one attached hydrogen (secondary N) is 1. The molecule has 122 valence electrons. The van der Waals surface area contributed by atoms with Gasteiger partial charge in [-0.05, 0) is 19.1 Å². The maximum Gasteiger partial charge on any atom is 0.225 e. The summed E-state index contributed by atoms with van der Waals surface area (Å²) < 4.78 is 0. The molecule has 0 radical (unpaired) electrons. The Bertz CT molecular complexity index is 798. The van der Waals surface area contributed by atoms with Crippen LogP contribution in [-0.4, -0.2) is 31.5 Å².